The largest absolute Gasteiger partial charge is 0.496 e. The van der Waals surface area contributed by atoms with Crippen LogP contribution in [-0.2, 0) is 0 Å². The Morgan fingerprint density at radius 1 is 1.50 bits per heavy atom. The van der Waals surface area contributed by atoms with Crippen molar-refractivity contribution in [2.75, 3.05) is 26.7 Å². The molecule has 1 amide bonds. The fourth-order valence-corrected chi connectivity index (χ4v) is 3.43. The van der Waals surface area contributed by atoms with Crippen LogP contribution in [0.5, 0.6) is 5.75 Å². The van der Waals surface area contributed by atoms with Crippen LogP contribution in [0.15, 0.2) is 24.3 Å². The van der Waals surface area contributed by atoms with Gasteiger partial charge in [0, 0.05) is 23.7 Å². The predicted octanol–water partition coefficient (Wildman–Crippen LogP) is 0.973. The average molecular weight is 302 g/mol. The molecule has 0 radical (unpaired) electrons. The van der Waals surface area contributed by atoms with Crippen molar-refractivity contribution in [3.8, 4) is 5.75 Å². The van der Waals surface area contributed by atoms with Gasteiger partial charge in [-0.05, 0) is 25.1 Å². The van der Waals surface area contributed by atoms with Gasteiger partial charge in [-0.15, -0.1) is 0 Å². The molecule has 0 saturated carbocycles. The highest BCUT2D eigenvalue weighted by molar-refractivity contribution is 5.99. The molecule has 2 heterocycles. The molecule has 118 valence electrons. The van der Waals surface area contributed by atoms with Crippen LogP contribution < -0.4 is 15.0 Å². The summed E-state index contributed by atoms with van der Waals surface area (Å²) in [5.41, 5.74) is 1.52. The third-order valence-corrected chi connectivity index (χ3v) is 4.68. The number of aromatic nitrogens is 1. The van der Waals surface area contributed by atoms with Gasteiger partial charge in [-0.25, -0.2) is 0 Å². The number of likely N-dealkylation sites (tertiary alicyclic amines) is 1. The summed E-state index contributed by atoms with van der Waals surface area (Å²) < 4.78 is 5.34. The summed E-state index contributed by atoms with van der Waals surface area (Å²) in [7, 11) is 1.64. The molecule has 3 rings (SSSR count). The van der Waals surface area contributed by atoms with Gasteiger partial charge in [-0.3, -0.25) is 4.79 Å². The number of carbonyl (C=O) groups excluding carboxylic acids is 1. The number of amides is 1. The Labute approximate surface area is 130 Å². The fourth-order valence-electron chi connectivity index (χ4n) is 3.43. The van der Waals surface area contributed by atoms with Crippen molar-refractivity contribution in [3.05, 3.63) is 30.0 Å². The number of quaternary nitrogens is 1. The number of H-pyrrole nitrogens is 1. The summed E-state index contributed by atoms with van der Waals surface area (Å²) >= 11 is 0. The molecule has 0 spiro atoms. The van der Waals surface area contributed by atoms with E-state index < -0.39 is 0 Å². The van der Waals surface area contributed by atoms with Crippen LogP contribution in [0.4, 0.5) is 0 Å². The van der Waals surface area contributed by atoms with E-state index in [0.29, 0.717) is 11.7 Å². The number of hydrogen-bond donors (Lipinski definition) is 3. The zero-order valence-electron chi connectivity index (χ0n) is 13.2. The van der Waals surface area contributed by atoms with Crippen molar-refractivity contribution in [1.29, 1.82) is 0 Å². The molecule has 0 bridgehead atoms. The number of likely N-dealkylation sites (N-methyl/N-ethyl adjacent to an activating group) is 1. The average Bonchev–Trinajstić information content (AvgIpc) is 3.17. The number of aromatic amines is 1. The van der Waals surface area contributed by atoms with Crippen LogP contribution in [0, 0.1) is 0 Å². The number of hydrogen-bond acceptors (Lipinski definition) is 2. The first-order valence-electron chi connectivity index (χ1n) is 8.01. The molecule has 5 heteroatoms. The summed E-state index contributed by atoms with van der Waals surface area (Å²) in [6.45, 7) is 5.30. The number of benzene rings is 1. The van der Waals surface area contributed by atoms with Gasteiger partial charge in [0.1, 0.15) is 17.5 Å². The van der Waals surface area contributed by atoms with Gasteiger partial charge in [-0.1, -0.05) is 6.07 Å². The summed E-state index contributed by atoms with van der Waals surface area (Å²) in [5.74, 6) is 0.741. The molecule has 1 fully saturated rings. The summed E-state index contributed by atoms with van der Waals surface area (Å²) in [4.78, 5) is 17.1. The van der Waals surface area contributed by atoms with Crippen molar-refractivity contribution in [1.82, 2.24) is 10.3 Å². The fraction of sp³-hybridized carbons (Fsp3) is 0.471. The summed E-state index contributed by atoms with van der Waals surface area (Å²) in [6.07, 6.45) is 2.46. The van der Waals surface area contributed by atoms with E-state index in [1.54, 1.807) is 12.0 Å². The Bertz CT molecular complexity index is 665. The third kappa shape index (κ3) is 2.81. The van der Waals surface area contributed by atoms with Gasteiger partial charge in [-0.2, -0.15) is 0 Å². The molecule has 1 aliphatic rings. The number of carbonyl (C=O) groups is 1. The van der Waals surface area contributed by atoms with Gasteiger partial charge >= 0.3 is 0 Å². The molecule has 1 unspecified atom stereocenters. The maximum Gasteiger partial charge on any atom is 0.267 e. The molecule has 22 heavy (non-hydrogen) atoms. The van der Waals surface area contributed by atoms with Gasteiger partial charge in [0.25, 0.3) is 5.91 Å². The van der Waals surface area contributed by atoms with E-state index in [2.05, 4.69) is 17.2 Å². The van der Waals surface area contributed by atoms with E-state index in [0.717, 1.165) is 29.7 Å². The molecule has 2 aromatic rings. The number of fused-ring (bicyclic) bond motifs is 1. The molecule has 2 atom stereocenters. The van der Waals surface area contributed by atoms with Crippen LogP contribution in [0.2, 0.25) is 0 Å². The molecule has 1 aromatic heterocycles. The number of nitrogens with one attached hydrogen (secondary N) is 3. The van der Waals surface area contributed by atoms with Gasteiger partial charge in [0.15, 0.2) is 0 Å². The van der Waals surface area contributed by atoms with Crippen LogP contribution in [0.3, 0.4) is 0 Å². The standard InChI is InChI=1S/C17H23N3O2/c1-3-20-9-5-6-12(20)11-18-17(21)15-10-13-14(19-15)7-4-8-16(13)22-2/h4,7-8,10,12,19H,3,5-6,9,11H2,1-2H3,(H,18,21)/p+1/t12-/m0/s1. The first-order chi connectivity index (χ1) is 10.7. The van der Waals surface area contributed by atoms with Crippen molar-refractivity contribution in [3.63, 3.8) is 0 Å². The predicted molar refractivity (Wildman–Crippen MR) is 86.6 cm³/mol. The summed E-state index contributed by atoms with van der Waals surface area (Å²) in [6, 6.07) is 8.18. The molecule has 0 aliphatic carbocycles. The second-order valence-corrected chi connectivity index (χ2v) is 5.92. The third-order valence-electron chi connectivity index (χ3n) is 4.68. The van der Waals surface area contributed by atoms with Crippen LogP contribution in [0.25, 0.3) is 10.9 Å². The second-order valence-electron chi connectivity index (χ2n) is 5.92. The lowest BCUT2D eigenvalue weighted by Crippen LogP contribution is -3.14. The lowest BCUT2D eigenvalue weighted by atomic mass is 10.2. The number of methoxy groups -OCH3 is 1. The Hall–Kier alpha value is -2.01. The van der Waals surface area contributed by atoms with Crippen LogP contribution in [0.1, 0.15) is 30.3 Å². The summed E-state index contributed by atoms with van der Waals surface area (Å²) in [5, 5.41) is 4.01. The van der Waals surface area contributed by atoms with Crippen molar-refractivity contribution < 1.29 is 14.4 Å². The molecule has 1 aromatic carbocycles. The SMILES string of the molecule is CC[NH+]1CCC[C@H]1CNC(=O)c1cc2c(OC)cccc2[nH]1. The molecular formula is C17H24N3O2+. The van der Waals surface area contributed by atoms with Crippen molar-refractivity contribution in [2.45, 2.75) is 25.8 Å². The molecule has 5 nitrogen and oxygen atoms in total. The van der Waals surface area contributed by atoms with E-state index in [1.807, 2.05) is 24.3 Å². The molecular weight excluding hydrogens is 278 g/mol. The topological polar surface area (TPSA) is 58.6 Å². The van der Waals surface area contributed by atoms with Crippen LogP contribution >= 0.6 is 0 Å². The quantitative estimate of drug-likeness (QED) is 0.771. The number of ether oxygens (including phenoxy) is 1. The Kier molecular flexibility index (Phi) is 4.34. The van der Waals surface area contributed by atoms with E-state index in [-0.39, 0.29) is 5.91 Å². The van der Waals surface area contributed by atoms with Crippen molar-refractivity contribution >= 4 is 16.8 Å². The number of rotatable bonds is 5. The lowest BCUT2D eigenvalue weighted by Gasteiger charge is -2.19. The second kappa shape index (κ2) is 6.40. The van der Waals surface area contributed by atoms with Gasteiger partial charge in [0.2, 0.25) is 0 Å². The minimum Gasteiger partial charge on any atom is -0.496 e. The van der Waals surface area contributed by atoms with Gasteiger partial charge < -0.3 is 19.9 Å². The molecule has 3 N–H and O–H groups in total. The maximum absolute atomic E-state index is 12.4. The first kappa shape index (κ1) is 14.9. The zero-order chi connectivity index (χ0) is 15.5. The monoisotopic (exact) mass is 302 g/mol. The highest BCUT2D eigenvalue weighted by Gasteiger charge is 2.27. The Morgan fingerprint density at radius 2 is 2.36 bits per heavy atom. The van der Waals surface area contributed by atoms with E-state index >= 15 is 0 Å². The lowest BCUT2D eigenvalue weighted by molar-refractivity contribution is -0.909. The zero-order valence-corrected chi connectivity index (χ0v) is 13.2. The minimum absolute atomic E-state index is 0.0411. The Morgan fingerprint density at radius 3 is 3.14 bits per heavy atom. The molecule has 1 aliphatic heterocycles. The van der Waals surface area contributed by atoms with E-state index in [4.69, 9.17) is 4.74 Å². The molecule has 1 saturated heterocycles. The maximum atomic E-state index is 12.4. The van der Waals surface area contributed by atoms with Crippen molar-refractivity contribution in [2.24, 2.45) is 0 Å². The first-order valence-corrected chi connectivity index (χ1v) is 8.01. The van der Waals surface area contributed by atoms with Gasteiger partial charge in [0.05, 0.1) is 26.7 Å². The van der Waals surface area contributed by atoms with E-state index in [1.165, 1.54) is 19.4 Å². The van der Waals surface area contributed by atoms with Crippen LogP contribution in [-0.4, -0.2) is 43.7 Å². The minimum atomic E-state index is -0.0411. The highest BCUT2D eigenvalue weighted by atomic mass is 16.5. The van der Waals surface area contributed by atoms with E-state index in [9.17, 15) is 4.79 Å². The smallest absolute Gasteiger partial charge is 0.267 e. The Balaban J connectivity index is 1.70. The highest BCUT2D eigenvalue weighted by Crippen LogP contribution is 2.25. The normalized spacial score (nSPS) is 21.2.